The molecular formula is C16H18N2O3S2. The number of hydrogen-bond acceptors (Lipinski definition) is 5. The van der Waals surface area contributed by atoms with Crippen molar-refractivity contribution in [1.29, 1.82) is 0 Å². The summed E-state index contributed by atoms with van der Waals surface area (Å²) < 4.78 is 9.92. The highest BCUT2D eigenvalue weighted by molar-refractivity contribution is 7.80. The molecule has 5 nitrogen and oxygen atoms in total. The zero-order valence-electron chi connectivity index (χ0n) is 13.1. The number of methoxy groups -OCH3 is 2. The van der Waals surface area contributed by atoms with Gasteiger partial charge in [0.2, 0.25) is 0 Å². The third kappa shape index (κ3) is 4.43. The summed E-state index contributed by atoms with van der Waals surface area (Å²) in [5.41, 5.74) is 1.32. The molecular weight excluding hydrogens is 332 g/mol. The number of carbonyl (C=O) groups excluding carboxylic acids is 1. The first-order valence-electron chi connectivity index (χ1n) is 7.00. The van der Waals surface area contributed by atoms with Gasteiger partial charge in [0, 0.05) is 10.6 Å². The van der Waals surface area contributed by atoms with Crippen molar-refractivity contribution in [2.24, 2.45) is 0 Å². The van der Waals surface area contributed by atoms with Gasteiger partial charge in [0.05, 0.1) is 19.8 Å². The number of ether oxygens (including phenoxy) is 2. The van der Waals surface area contributed by atoms with Crippen molar-refractivity contribution < 1.29 is 14.3 Å². The van der Waals surface area contributed by atoms with Crippen LogP contribution in [0.2, 0.25) is 0 Å². The van der Waals surface area contributed by atoms with Crippen LogP contribution in [0.5, 0.6) is 5.75 Å². The van der Waals surface area contributed by atoms with E-state index in [9.17, 15) is 4.79 Å². The Morgan fingerprint density at radius 3 is 2.48 bits per heavy atom. The van der Waals surface area contributed by atoms with E-state index < -0.39 is 0 Å². The van der Waals surface area contributed by atoms with Crippen molar-refractivity contribution in [3.05, 3.63) is 40.8 Å². The molecule has 0 saturated heterocycles. The van der Waals surface area contributed by atoms with Crippen molar-refractivity contribution >= 4 is 45.3 Å². The van der Waals surface area contributed by atoms with Gasteiger partial charge in [-0.15, -0.1) is 11.3 Å². The fourth-order valence-electron chi connectivity index (χ4n) is 1.91. The Bertz CT molecular complexity index is 696. The average Bonchev–Trinajstić information content (AvgIpc) is 2.97. The van der Waals surface area contributed by atoms with Gasteiger partial charge in [-0.25, -0.2) is 4.79 Å². The molecule has 0 aliphatic carbocycles. The molecule has 0 atom stereocenters. The van der Waals surface area contributed by atoms with Gasteiger partial charge in [-0.3, -0.25) is 0 Å². The Morgan fingerprint density at radius 2 is 1.91 bits per heavy atom. The van der Waals surface area contributed by atoms with Gasteiger partial charge in [-0.1, -0.05) is 6.92 Å². The summed E-state index contributed by atoms with van der Waals surface area (Å²) in [4.78, 5) is 12.9. The second kappa shape index (κ2) is 7.94. The molecule has 2 N–H and O–H groups in total. The summed E-state index contributed by atoms with van der Waals surface area (Å²) in [5, 5.41) is 7.22. The molecule has 0 unspecified atom stereocenters. The van der Waals surface area contributed by atoms with E-state index in [4.69, 9.17) is 21.7 Å². The average molecular weight is 350 g/mol. The number of aryl methyl sites for hydroxylation is 1. The lowest BCUT2D eigenvalue weighted by Gasteiger charge is -2.10. The number of anilines is 2. The summed E-state index contributed by atoms with van der Waals surface area (Å²) in [5.74, 6) is 0.393. The van der Waals surface area contributed by atoms with Crippen LogP contribution in [0.15, 0.2) is 30.3 Å². The maximum atomic E-state index is 11.8. The van der Waals surface area contributed by atoms with Crippen LogP contribution in [-0.4, -0.2) is 25.3 Å². The van der Waals surface area contributed by atoms with E-state index in [0.29, 0.717) is 15.7 Å². The molecule has 0 saturated carbocycles. The predicted molar refractivity (Wildman–Crippen MR) is 97.9 cm³/mol. The van der Waals surface area contributed by atoms with Crippen LogP contribution in [-0.2, 0) is 11.2 Å². The van der Waals surface area contributed by atoms with Gasteiger partial charge in [0.1, 0.15) is 10.8 Å². The van der Waals surface area contributed by atoms with Gasteiger partial charge in [0.25, 0.3) is 0 Å². The maximum absolute atomic E-state index is 11.8. The molecule has 122 valence electrons. The Morgan fingerprint density at radius 1 is 1.22 bits per heavy atom. The normalized spacial score (nSPS) is 10.0. The molecule has 0 radical (unpaired) electrons. The highest BCUT2D eigenvalue weighted by atomic mass is 32.1. The standard InChI is InChI=1S/C16H18N2O3S2/c1-4-12-9-13(15(19)21-3)14(23-12)18-16(22)17-10-5-7-11(20-2)8-6-10/h5-9H,4H2,1-3H3,(H2,17,18,22). The number of thiophene rings is 1. The first kappa shape index (κ1) is 17.2. The number of thiocarbonyl (C=S) groups is 1. The smallest absolute Gasteiger partial charge is 0.340 e. The van der Waals surface area contributed by atoms with Crippen molar-refractivity contribution in [2.75, 3.05) is 24.9 Å². The van der Waals surface area contributed by atoms with Gasteiger partial charge in [-0.05, 0) is 49.0 Å². The molecule has 1 heterocycles. The summed E-state index contributed by atoms with van der Waals surface area (Å²) in [6.45, 7) is 2.03. The van der Waals surface area contributed by atoms with E-state index in [0.717, 1.165) is 22.7 Å². The number of esters is 1. The number of carbonyl (C=O) groups is 1. The highest BCUT2D eigenvalue weighted by Gasteiger charge is 2.17. The topological polar surface area (TPSA) is 59.6 Å². The minimum Gasteiger partial charge on any atom is -0.497 e. The number of hydrogen-bond donors (Lipinski definition) is 2. The fraction of sp³-hybridized carbons (Fsp3) is 0.250. The van der Waals surface area contributed by atoms with Gasteiger partial charge in [-0.2, -0.15) is 0 Å². The minimum absolute atomic E-state index is 0.379. The zero-order valence-corrected chi connectivity index (χ0v) is 14.8. The molecule has 7 heteroatoms. The molecule has 0 spiro atoms. The van der Waals surface area contributed by atoms with E-state index in [1.807, 2.05) is 37.3 Å². The van der Waals surface area contributed by atoms with E-state index in [2.05, 4.69) is 10.6 Å². The fourth-order valence-corrected chi connectivity index (χ4v) is 3.18. The van der Waals surface area contributed by atoms with Gasteiger partial charge < -0.3 is 20.1 Å². The SMILES string of the molecule is CCc1cc(C(=O)OC)c(NC(=S)Nc2ccc(OC)cc2)s1. The largest absolute Gasteiger partial charge is 0.497 e. The molecule has 1 aromatic carbocycles. The minimum atomic E-state index is -0.379. The number of nitrogens with one attached hydrogen (secondary N) is 2. The van der Waals surface area contributed by atoms with Gasteiger partial charge in [0.15, 0.2) is 5.11 Å². The third-order valence-corrected chi connectivity index (χ3v) is 4.51. The first-order chi connectivity index (χ1) is 11.1. The molecule has 1 aromatic heterocycles. The third-order valence-electron chi connectivity index (χ3n) is 3.11. The highest BCUT2D eigenvalue weighted by Crippen LogP contribution is 2.29. The van der Waals surface area contributed by atoms with Crippen LogP contribution < -0.4 is 15.4 Å². The quantitative estimate of drug-likeness (QED) is 0.630. The zero-order chi connectivity index (χ0) is 16.8. The van der Waals surface area contributed by atoms with Crippen molar-refractivity contribution in [3.8, 4) is 5.75 Å². The predicted octanol–water partition coefficient (Wildman–Crippen LogP) is 3.91. The Labute approximate surface area is 144 Å². The van der Waals surface area contributed by atoms with E-state index in [1.54, 1.807) is 7.11 Å². The second-order valence-electron chi connectivity index (χ2n) is 4.61. The van der Waals surface area contributed by atoms with Crippen molar-refractivity contribution in [2.45, 2.75) is 13.3 Å². The summed E-state index contributed by atoms with van der Waals surface area (Å²) in [6, 6.07) is 9.23. The van der Waals surface area contributed by atoms with Crippen LogP contribution >= 0.6 is 23.6 Å². The summed E-state index contributed by atoms with van der Waals surface area (Å²) in [7, 11) is 2.98. The van der Waals surface area contributed by atoms with Crippen LogP contribution in [0.3, 0.4) is 0 Å². The lowest BCUT2D eigenvalue weighted by molar-refractivity contribution is 0.0602. The summed E-state index contributed by atoms with van der Waals surface area (Å²) >= 11 is 6.80. The molecule has 0 aliphatic rings. The lowest BCUT2D eigenvalue weighted by Crippen LogP contribution is -2.19. The maximum Gasteiger partial charge on any atom is 0.340 e. The molecule has 0 aliphatic heterocycles. The Kier molecular flexibility index (Phi) is 5.95. The number of benzene rings is 1. The van der Waals surface area contributed by atoms with E-state index in [-0.39, 0.29) is 5.97 Å². The van der Waals surface area contributed by atoms with Gasteiger partial charge >= 0.3 is 5.97 Å². The van der Waals surface area contributed by atoms with Crippen LogP contribution in [0.1, 0.15) is 22.2 Å². The molecule has 2 rings (SSSR count). The summed E-state index contributed by atoms with van der Waals surface area (Å²) in [6.07, 6.45) is 0.842. The molecule has 0 amide bonds. The van der Waals surface area contributed by atoms with E-state index in [1.165, 1.54) is 18.4 Å². The lowest BCUT2D eigenvalue weighted by atomic mass is 10.2. The first-order valence-corrected chi connectivity index (χ1v) is 8.23. The van der Waals surface area contributed by atoms with Crippen molar-refractivity contribution in [3.63, 3.8) is 0 Å². The molecule has 2 aromatic rings. The molecule has 0 bridgehead atoms. The monoisotopic (exact) mass is 350 g/mol. The Balaban J connectivity index is 2.09. The van der Waals surface area contributed by atoms with E-state index >= 15 is 0 Å². The number of rotatable bonds is 5. The molecule has 0 fully saturated rings. The van der Waals surface area contributed by atoms with Crippen molar-refractivity contribution in [1.82, 2.24) is 0 Å². The molecule has 23 heavy (non-hydrogen) atoms. The van der Waals surface area contributed by atoms with Crippen LogP contribution in [0.4, 0.5) is 10.7 Å². The van der Waals surface area contributed by atoms with Crippen LogP contribution in [0.25, 0.3) is 0 Å². The second-order valence-corrected chi connectivity index (χ2v) is 6.15. The Hall–Kier alpha value is -2.12. The van der Waals surface area contributed by atoms with Crippen LogP contribution in [0, 0.1) is 0 Å².